The minimum absolute atomic E-state index is 0.132. The maximum Gasteiger partial charge on any atom is 0.327 e. The van der Waals surface area contributed by atoms with Crippen molar-refractivity contribution in [2.45, 2.75) is 63.6 Å². The number of carboxylic acid groups (broad SMARTS) is 1. The van der Waals surface area contributed by atoms with Crippen LogP contribution in [0.2, 0.25) is 0 Å². The molecule has 15 heteroatoms. The summed E-state index contributed by atoms with van der Waals surface area (Å²) < 4.78 is 0. The molecule has 0 aromatic heterocycles. The maximum atomic E-state index is 12.9. The van der Waals surface area contributed by atoms with Gasteiger partial charge in [-0.15, -0.1) is 0 Å². The van der Waals surface area contributed by atoms with E-state index >= 15 is 0 Å². The lowest BCUT2D eigenvalue weighted by Crippen LogP contribution is -2.56. The van der Waals surface area contributed by atoms with Crippen LogP contribution in [0.4, 0.5) is 0 Å². The number of unbranched alkanes of at least 4 members (excludes halogenated alkanes) is 2. The van der Waals surface area contributed by atoms with Gasteiger partial charge in [0.2, 0.25) is 17.7 Å². The van der Waals surface area contributed by atoms with Gasteiger partial charge in [-0.3, -0.25) is 25.2 Å². The van der Waals surface area contributed by atoms with E-state index in [9.17, 15) is 24.3 Å². The van der Waals surface area contributed by atoms with Crippen molar-refractivity contribution in [3.8, 4) is 0 Å². The Bertz CT molecular complexity index is 722. The van der Waals surface area contributed by atoms with Gasteiger partial charge in [0.1, 0.15) is 18.1 Å². The van der Waals surface area contributed by atoms with E-state index in [-0.39, 0.29) is 30.5 Å². The number of amides is 3. The lowest BCUT2D eigenvalue weighted by atomic mass is 10.0. The first kappa shape index (κ1) is 30.8. The number of thiol groups is 1. The van der Waals surface area contributed by atoms with E-state index < -0.39 is 41.8 Å². The van der Waals surface area contributed by atoms with Gasteiger partial charge in [-0.05, 0) is 38.5 Å². The summed E-state index contributed by atoms with van der Waals surface area (Å²) in [6.45, 7) is 2.10. The summed E-state index contributed by atoms with van der Waals surface area (Å²) in [5, 5.41) is 36.3. The van der Waals surface area contributed by atoms with Gasteiger partial charge in [0.25, 0.3) is 0 Å². The first-order valence-electron chi connectivity index (χ1n) is 10.8. The molecule has 0 saturated heterocycles. The minimum atomic E-state index is -1.26. The molecule has 0 aromatic carbocycles. The maximum absolute atomic E-state index is 12.9. The summed E-state index contributed by atoms with van der Waals surface area (Å²) in [5.74, 6) is -3.40. The Labute approximate surface area is 204 Å². The number of rotatable bonds is 17. The molecule has 3 atom stereocenters. The molecule has 14 nitrogen and oxygen atoms in total. The molecule has 0 rings (SSSR count). The van der Waals surface area contributed by atoms with E-state index in [1.807, 2.05) is 0 Å². The van der Waals surface area contributed by atoms with Gasteiger partial charge in [-0.2, -0.15) is 12.6 Å². The molecule has 34 heavy (non-hydrogen) atoms. The smallest absolute Gasteiger partial charge is 0.327 e. The minimum Gasteiger partial charge on any atom is -0.480 e. The van der Waals surface area contributed by atoms with Crippen LogP contribution in [-0.4, -0.2) is 77.7 Å². The third-order valence-electron chi connectivity index (χ3n) is 4.59. The molecule has 0 fully saturated rings. The Morgan fingerprint density at radius 1 is 0.794 bits per heavy atom. The summed E-state index contributed by atoms with van der Waals surface area (Å²) >= 11 is 3.93. The Morgan fingerprint density at radius 2 is 1.21 bits per heavy atom. The Balaban J connectivity index is 5.17. The molecule has 0 unspecified atom stereocenters. The topological polar surface area (TPSA) is 248 Å². The average molecular weight is 504 g/mol. The molecule has 0 bridgehead atoms. The zero-order valence-corrected chi connectivity index (χ0v) is 20.2. The van der Waals surface area contributed by atoms with Gasteiger partial charge in [0.05, 0.1) is 0 Å². The van der Waals surface area contributed by atoms with Crippen molar-refractivity contribution in [2.24, 2.45) is 11.5 Å². The van der Waals surface area contributed by atoms with Crippen LogP contribution in [0.5, 0.6) is 0 Å². The van der Waals surface area contributed by atoms with Crippen molar-refractivity contribution >= 4 is 48.2 Å². The standard InChI is InChI=1S/C19H37N9O5S/c1-11(29)26-12(6-2-4-8-24-18(20)21)15(30)27-13(7-3-5-9-25-19(22)23)16(31)28-14(10-34)17(32)33/h12-14,34H,2-10H2,1H3,(H,26,29)(H,27,30)(H,28,31)(H,32,33)(H4,20,21,24)(H4,22,23,25)/t12-,13-,14+/m0/s1. The van der Waals surface area contributed by atoms with Crippen LogP contribution in [0.1, 0.15) is 45.4 Å². The van der Waals surface area contributed by atoms with Crippen molar-refractivity contribution in [3.63, 3.8) is 0 Å². The number of hydrogen-bond acceptors (Lipinski definition) is 7. The number of nitrogens with two attached hydrogens (primary N) is 2. The number of nitrogens with one attached hydrogen (secondary N) is 7. The normalized spacial score (nSPS) is 13.0. The molecule has 0 spiro atoms. The molecule has 0 heterocycles. The van der Waals surface area contributed by atoms with E-state index in [0.29, 0.717) is 38.8 Å². The molecular formula is C19H37N9O5S. The van der Waals surface area contributed by atoms with Crippen LogP contribution in [-0.2, 0) is 19.2 Å². The molecule has 0 radical (unpaired) electrons. The van der Waals surface area contributed by atoms with Crippen molar-refractivity contribution in [2.75, 3.05) is 18.8 Å². The molecule has 0 aromatic rings. The fourth-order valence-corrected chi connectivity index (χ4v) is 3.15. The quantitative estimate of drug-likeness (QED) is 0.0444. The van der Waals surface area contributed by atoms with E-state index in [1.165, 1.54) is 6.92 Å². The van der Waals surface area contributed by atoms with Crippen LogP contribution in [0.15, 0.2) is 0 Å². The number of carboxylic acids is 1. The monoisotopic (exact) mass is 503 g/mol. The highest BCUT2D eigenvalue weighted by Crippen LogP contribution is 2.06. The SMILES string of the molecule is CC(=O)N[C@@H](CCCCNC(=N)N)C(=O)N[C@@H](CCCCNC(=N)N)C(=O)N[C@H](CS)C(=O)O. The highest BCUT2D eigenvalue weighted by molar-refractivity contribution is 7.80. The van der Waals surface area contributed by atoms with Gasteiger partial charge in [0, 0.05) is 25.8 Å². The number of guanidine groups is 2. The van der Waals surface area contributed by atoms with E-state index in [0.717, 1.165) is 0 Å². The Hall–Kier alpha value is -3.23. The van der Waals surface area contributed by atoms with Crippen LogP contribution < -0.4 is 38.1 Å². The predicted molar refractivity (Wildman–Crippen MR) is 130 cm³/mol. The summed E-state index contributed by atoms with van der Waals surface area (Å²) in [5.41, 5.74) is 10.4. The summed E-state index contributed by atoms with van der Waals surface area (Å²) in [6, 6.07) is -3.17. The highest BCUT2D eigenvalue weighted by Gasteiger charge is 2.28. The summed E-state index contributed by atoms with van der Waals surface area (Å²) in [4.78, 5) is 48.4. The number of carbonyl (C=O) groups excluding carboxylic acids is 3. The summed E-state index contributed by atoms with van der Waals surface area (Å²) in [7, 11) is 0. The van der Waals surface area contributed by atoms with Crippen LogP contribution >= 0.6 is 12.6 Å². The third-order valence-corrected chi connectivity index (χ3v) is 4.96. The molecule has 3 amide bonds. The lowest BCUT2D eigenvalue weighted by Gasteiger charge is -2.24. The zero-order chi connectivity index (χ0) is 26.1. The van der Waals surface area contributed by atoms with Gasteiger partial charge in [0.15, 0.2) is 11.9 Å². The highest BCUT2D eigenvalue weighted by atomic mass is 32.1. The largest absolute Gasteiger partial charge is 0.480 e. The fraction of sp³-hybridized carbons (Fsp3) is 0.684. The molecule has 0 aliphatic rings. The molecule has 12 N–H and O–H groups in total. The van der Waals surface area contributed by atoms with Gasteiger partial charge in [-0.1, -0.05) is 0 Å². The predicted octanol–water partition coefficient (Wildman–Crippen LogP) is -2.22. The Morgan fingerprint density at radius 3 is 1.56 bits per heavy atom. The molecular weight excluding hydrogens is 466 g/mol. The molecule has 0 aliphatic heterocycles. The first-order chi connectivity index (χ1) is 16.0. The van der Waals surface area contributed by atoms with Crippen molar-refractivity contribution in [1.29, 1.82) is 10.8 Å². The second-order valence-electron chi connectivity index (χ2n) is 7.57. The van der Waals surface area contributed by atoms with E-state index in [4.69, 9.17) is 22.3 Å². The van der Waals surface area contributed by atoms with Crippen LogP contribution in [0, 0.1) is 10.8 Å². The molecule has 194 valence electrons. The molecule has 0 saturated carbocycles. The average Bonchev–Trinajstić information content (AvgIpc) is 2.74. The van der Waals surface area contributed by atoms with Gasteiger partial charge in [-0.25, -0.2) is 4.79 Å². The Kier molecular flexibility index (Phi) is 15.6. The number of hydrogen-bond donors (Lipinski definition) is 11. The zero-order valence-electron chi connectivity index (χ0n) is 19.3. The van der Waals surface area contributed by atoms with Crippen LogP contribution in [0.3, 0.4) is 0 Å². The van der Waals surface area contributed by atoms with Crippen molar-refractivity contribution in [3.05, 3.63) is 0 Å². The fourth-order valence-electron chi connectivity index (χ4n) is 2.91. The van der Waals surface area contributed by atoms with E-state index in [1.54, 1.807) is 0 Å². The molecule has 0 aliphatic carbocycles. The lowest BCUT2D eigenvalue weighted by molar-refractivity contribution is -0.141. The van der Waals surface area contributed by atoms with Crippen molar-refractivity contribution < 1.29 is 24.3 Å². The van der Waals surface area contributed by atoms with E-state index in [2.05, 4.69) is 39.2 Å². The number of aliphatic carboxylic acids is 1. The first-order valence-corrected chi connectivity index (χ1v) is 11.5. The van der Waals surface area contributed by atoms with Crippen molar-refractivity contribution in [1.82, 2.24) is 26.6 Å². The van der Waals surface area contributed by atoms with Gasteiger partial charge >= 0.3 is 5.97 Å². The van der Waals surface area contributed by atoms with Gasteiger partial charge < -0.3 is 43.2 Å². The van der Waals surface area contributed by atoms with Crippen LogP contribution in [0.25, 0.3) is 0 Å². The number of carbonyl (C=O) groups is 4. The second kappa shape index (κ2) is 17.3. The second-order valence-corrected chi connectivity index (χ2v) is 7.93. The summed E-state index contributed by atoms with van der Waals surface area (Å²) in [6.07, 6.45) is 2.64. The third kappa shape index (κ3) is 14.8.